The lowest BCUT2D eigenvalue weighted by Crippen LogP contribution is -2.30. The zero-order valence-corrected chi connectivity index (χ0v) is 15.9. The highest BCUT2D eigenvalue weighted by Crippen LogP contribution is 2.34. The number of benzene rings is 2. The number of aromatic nitrogens is 3. The highest BCUT2D eigenvalue weighted by atomic mass is 35.5. The number of hydrogen-bond donors (Lipinski definition) is 1. The Morgan fingerprint density at radius 3 is 2.74 bits per heavy atom. The Labute approximate surface area is 166 Å². The van der Waals surface area contributed by atoms with Crippen LogP contribution in [0, 0.1) is 0 Å². The Morgan fingerprint density at radius 2 is 1.85 bits per heavy atom. The van der Waals surface area contributed by atoms with E-state index < -0.39 is 0 Å². The summed E-state index contributed by atoms with van der Waals surface area (Å²) in [5, 5.41) is 9.01. The number of fused-ring (bicyclic) bond motifs is 2. The summed E-state index contributed by atoms with van der Waals surface area (Å²) < 4.78 is 1.80. The Balaban J connectivity index is 1.60. The fourth-order valence-corrected chi connectivity index (χ4v) is 4.02. The number of hydrogen-bond acceptors (Lipinski definition) is 3. The minimum Gasteiger partial charge on any atom is -0.306 e. The van der Waals surface area contributed by atoms with E-state index in [4.69, 9.17) is 23.2 Å². The fraction of sp³-hybridized carbons (Fsp3) is 0.143. The maximum absolute atomic E-state index is 6.26. The summed E-state index contributed by atoms with van der Waals surface area (Å²) in [5.41, 5.74) is 6.85. The molecule has 0 bridgehead atoms. The molecule has 134 valence electrons. The lowest BCUT2D eigenvalue weighted by molar-refractivity contribution is 0.568. The van der Waals surface area contributed by atoms with Gasteiger partial charge in [-0.25, -0.2) is 9.50 Å². The van der Waals surface area contributed by atoms with Crippen molar-refractivity contribution in [1.82, 2.24) is 19.9 Å². The van der Waals surface area contributed by atoms with Gasteiger partial charge < -0.3 is 5.32 Å². The molecule has 4 nitrogen and oxygen atoms in total. The number of halogens is 2. The summed E-state index contributed by atoms with van der Waals surface area (Å²) in [5.74, 6) is 0. The maximum Gasteiger partial charge on any atom is 0.155 e. The Bertz CT molecular complexity index is 1150. The number of nitrogens with one attached hydrogen (secondary N) is 1. The first kappa shape index (κ1) is 16.8. The van der Waals surface area contributed by atoms with Gasteiger partial charge >= 0.3 is 0 Å². The van der Waals surface area contributed by atoms with Gasteiger partial charge in [-0.3, -0.25) is 0 Å². The van der Waals surface area contributed by atoms with Gasteiger partial charge in [0.05, 0.1) is 16.1 Å². The van der Waals surface area contributed by atoms with E-state index in [9.17, 15) is 0 Å². The maximum atomic E-state index is 6.26. The lowest BCUT2D eigenvalue weighted by Gasteiger charge is -2.28. The largest absolute Gasteiger partial charge is 0.306 e. The van der Waals surface area contributed by atoms with Crippen molar-refractivity contribution in [3.8, 4) is 11.1 Å². The highest BCUT2D eigenvalue weighted by Gasteiger charge is 2.22. The molecule has 0 radical (unpaired) electrons. The topological polar surface area (TPSA) is 42.2 Å². The summed E-state index contributed by atoms with van der Waals surface area (Å²) >= 11 is 12.4. The molecule has 0 fully saturated rings. The van der Waals surface area contributed by atoms with Crippen molar-refractivity contribution >= 4 is 28.8 Å². The van der Waals surface area contributed by atoms with E-state index in [2.05, 4.69) is 39.7 Å². The van der Waals surface area contributed by atoms with Crippen molar-refractivity contribution < 1.29 is 0 Å². The van der Waals surface area contributed by atoms with E-state index >= 15 is 0 Å². The molecule has 0 saturated carbocycles. The van der Waals surface area contributed by atoms with Crippen molar-refractivity contribution in [3.63, 3.8) is 0 Å². The first-order valence-electron chi connectivity index (χ1n) is 8.80. The van der Waals surface area contributed by atoms with Crippen molar-refractivity contribution in [2.24, 2.45) is 0 Å². The summed E-state index contributed by atoms with van der Waals surface area (Å²) in [6.45, 7) is 0.933. The van der Waals surface area contributed by atoms with Crippen molar-refractivity contribution in [2.75, 3.05) is 6.54 Å². The molecular formula is C21H16Cl2N4. The molecule has 0 spiro atoms. The van der Waals surface area contributed by atoms with E-state index in [1.807, 2.05) is 30.5 Å². The van der Waals surface area contributed by atoms with E-state index in [1.165, 1.54) is 11.1 Å². The SMILES string of the molecule is Clc1ccc([C@@H]2NCCc3ccc(-c4ccc5ncnn5c4)cc32)cc1Cl. The second kappa shape index (κ2) is 6.64. The molecule has 0 aliphatic carbocycles. The van der Waals surface area contributed by atoms with Crippen molar-refractivity contribution in [3.05, 3.63) is 87.8 Å². The van der Waals surface area contributed by atoms with Crippen molar-refractivity contribution in [1.29, 1.82) is 0 Å². The number of rotatable bonds is 2. The predicted molar refractivity (Wildman–Crippen MR) is 108 cm³/mol. The molecular weight excluding hydrogens is 379 g/mol. The Hall–Kier alpha value is -2.40. The lowest BCUT2D eigenvalue weighted by atomic mass is 9.87. The molecule has 5 rings (SSSR count). The van der Waals surface area contributed by atoms with Gasteiger partial charge in [0.2, 0.25) is 0 Å². The smallest absolute Gasteiger partial charge is 0.155 e. The van der Waals surface area contributed by atoms with Gasteiger partial charge in [-0.05, 0) is 59.0 Å². The summed E-state index contributed by atoms with van der Waals surface area (Å²) in [6, 6.07) is 16.7. The second-order valence-electron chi connectivity index (χ2n) is 6.70. The summed E-state index contributed by atoms with van der Waals surface area (Å²) in [7, 11) is 0. The molecule has 6 heteroatoms. The molecule has 0 amide bonds. The minimum atomic E-state index is 0.0959. The van der Waals surface area contributed by atoms with E-state index in [1.54, 1.807) is 10.8 Å². The van der Waals surface area contributed by atoms with E-state index in [-0.39, 0.29) is 6.04 Å². The molecule has 1 atom stereocenters. The second-order valence-corrected chi connectivity index (χ2v) is 7.52. The molecule has 2 aromatic carbocycles. The van der Waals surface area contributed by atoms with Crippen LogP contribution in [0.15, 0.2) is 61.1 Å². The van der Waals surface area contributed by atoms with Crippen LogP contribution >= 0.6 is 23.2 Å². The highest BCUT2D eigenvalue weighted by molar-refractivity contribution is 6.42. The van der Waals surface area contributed by atoms with Gasteiger partial charge in [0.1, 0.15) is 6.33 Å². The van der Waals surface area contributed by atoms with Gasteiger partial charge in [-0.1, -0.05) is 41.4 Å². The van der Waals surface area contributed by atoms with Crippen molar-refractivity contribution in [2.45, 2.75) is 12.5 Å². The van der Waals surface area contributed by atoms with Crippen LogP contribution in [0.3, 0.4) is 0 Å². The van der Waals surface area contributed by atoms with E-state index in [0.717, 1.165) is 35.3 Å². The van der Waals surface area contributed by atoms with E-state index in [0.29, 0.717) is 10.0 Å². The third-order valence-corrected chi connectivity index (χ3v) is 5.82. The molecule has 1 N–H and O–H groups in total. The summed E-state index contributed by atoms with van der Waals surface area (Å²) in [6.07, 6.45) is 4.58. The molecule has 2 aromatic heterocycles. The Morgan fingerprint density at radius 1 is 0.963 bits per heavy atom. The van der Waals surface area contributed by atoms with Gasteiger partial charge in [-0.15, -0.1) is 0 Å². The monoisotopic (exact) mass is 394 g/mol. The third-order valence-electron chi connectivity index (χ3n) is 5.08. The predicted octanol–water partition coefficient (Wildman–Crippen LogP) is 4.94. The van der Waals surface area contributed by atoms with Gasteiger partial charge in [0.15, 0.2) is 5.65 Å². The standard InChI is InChI=1S/C21H16Cl2N4/c22-18-5-3-15(10-19(18)23)21-17-9-14(2-1-13(17)7-8-24-21)16-4-6-20-25-12-26-27(20)11-16/h1-6,9-12,21,24H,7-8H2/t21-/m0/s1. The number of pyridine rings is 1. The molecule has 27 heavy (non-hydrogen) atoms. The minimum absolute atomic E-state index is 0.0959. The Kier molecular flexibility index (Phi) is 4.12. The average molecular weight is 395 g/mol. The van der Waals surface area contributed by atoms with Gasteiger partial charge in [-0.2, -0.15) is 5.10 Å². The first-order chi connectivity index (χ1) is 13.2. The van der Waals surface area contributed by atoms with Gasteiger partial charge in [0, 0.05) is 18.3 Å². The van der Waals surface area contributed by atoms with Crippen LogP contribution in [0.25, 0.3) is 16.8 Å². The molecule has 1 aliphatic heterocycles. The van der Waals surface area contributed by atoms with Gasteiger partial charge in [0.25, 0.3) is 0 Å². The van der Waals surface area contributed by atoms with Crippen LogP contribution in [-0.4, -0.2) is 21.1 Å². The number of nitrogens with zero attached hydrogens (tertiary/aromatic N) is 3. The van der Waals surface area contributed by atoms with Crippen LogP contribution in [0.2, 0.25) is 10.0 Å². The zero-order valence-electron chi connectivity index (χ0n) is 14.4. The van der Waals surface area contributed by atoms with Crippen LogP contribution in [0.4, 0.5) is 0 Å². The molecule has 1 aliphatic rings. The molecule has 0 saturated heterocycles. The fourth-order valence-electron chi connectivity index (χ4n) is 3.71. The summed E-state index contributed by atoms with van der Waals surface area (Å²) in [4.78, 5) is 4.21. The molecule has 4 aromatic rings. The third kappa shape index (κ3) is 3.00. The molecule has 0 unspecified atom stereocenters. The first-order valence-corrected chi connectivity index (χ1v) is 9.55. The van der Waals surface area contributed by atoms with Crippen LogP contribution in [0.5, 0.6) is 0 Å². The quantitative estimate of drug-likeness (QED) is 0.523. The van der Waals surface area contributed by atoms with Crippen LogP contribution in [0.1, 0.15) is 22.7 Å². The van der Waals surface area contributed by atoms with Crippen LogP contribution in [-0.2, 0) is 6.42 Å². The normalized spacial score (nSPS) is 16.4. The zero-order chi connectivity index (χ0) is 18.4. The average Bonchev–Trinajstić information content (AvgIpc) is 3.17. The van der Waals surface area contributed by atoms with Crippen LogP contribution < -0.4 is 5.32 Å². The molecule has 3 heterocycles.